The molecule has 1 unspecified atom stereocenters. The Morgan fingerprint density at radius 2 is 1.78 bits per heavy atom. The SMILES string of the molecule is CC(C)COCC(=O)C(CCCC(=O)O)C(=O)O. The van der Waals surface area contributed by atoms with E-state index in [1.165, 1.54) is 0 Å². The third kappa shape index (κ3) is 7.78. The van der Waals surface area contributed by atoms with Gasteiger partial charge in [-0.15, -0.1) is 0 Å². The van der Waals surface area contributed by atoms with E-state index in [9.17, 15) is 14.4 Å². The molecule has 104 valence electrons. The summed E-state index contributed by atoms with van der Waals surface area (Å²) in [5.74, 6) is -3.63. The van der Waals surface area contributed by atoms with Crippen LogP contribution in [-0.2, 0) is 19.1 Å². The van der Waals surface area contributed by atoms with Gasteiger partial charge < -0.3 is 14.9 Å². The van der Waals surface area contributed by atoms with Crippen molar-refractivity contribution in [2.75, 3.05) is 13.2 Å². The molecule has 0 bridgehead atoms. The zero-order valence-corrected chi connectivity index (χ0v) is 10.7. The van der Waals surface area contributed by atoms with Gasteiger partial charge in [0.2, 0.25) is 0 Å². The van der Waals surface area contributed by atoms with Crippen molar-refractivity contribution in [2.24, 2.45) is 11.8 Å². The Bertz CT molecular complexity index is 297. The summed E-state index contributed by atoms with van der Waals surface area (Å²) in [5, 5.41) is 17.3. The van der Waals surface area contributed by atoms with Crippen LogP contribution in [0.5, 0.6) is 0 Å². The average Bonchev–Trinajstić information content (AvgIpc) is 2.22. The van der Waals surface area contributed by atoms with Crippen LogP contribution in [0.2, 0.25) is 0 Å². The van der Waals surface area contributed by atoms with Crippen LogP contribution in [0.1, 0.15) is 33.1 Å². The number of carbonyl (C=O) groups is 3. The molecular formula is C12H20O6. The molecule has 18 heavy (non-hydrogen) atoms. The third-order valence-corrected chi connectivity index (χ3v) is 2.27. The quantitative estimate of drug-likeness (QED) is 0.572. The fourth-order valence-corrected chi connectivity index (χ4v) is 1.38. The van der Waals surface area contributed by atoms with Crippen molar-refractivity contribution in [3.63, 3.8) is 0 Å². The van der Waals surface area contributed by atoms with Gasteiger partial charge in [0.1, 0.15) is 12.5 Å². The van der Waals surface area contributed by atoms with E-state index in [1.807, 2.05) is 13.8 Å². The minimum atomic E-state index is -1.22. The Labute approximate surface area is 106 Å². The van der Waals surface area contributed by atoms with E-state index < -0.39 is 23.6 Å². The lowest BCUT2D eigenvalue weighted by atomic mass is 9.98. The second kappa shape index (κ2) is 8.63. The molecule has 0 heterocycles. The third-order valence-electron chi connectivity index (χ3n) is 2.27. The fourth-order valence-electron chi connectivity index (χ4n) is 1.38. The van der Waals surface area contributed by atoms with Gasteiger partial charge in [0.15, 0.2) is 5.78 Å². The summed E-state index contributed by atoms with van der Waals surface area (Å²) in [5.41, 5.74) is 0. The zero-order chi connectivity index (χ0) is 14.1. The highest BCUT2D eigenvalue weighted by atomic mass is 16.5. The molecule has 2 N–H and O–H groups in total. The molecule has 0 amide bonds. The number of carboxylic acids is 2. The maximum Gasteiger partial charge on any atom is 0.314 e. The molecule has 0 aliphatic carbocycles. The van der Waals surface area contributed by atoms with Crippen molar-refractivity contribution >= 4 is 17.7 Å². The van der Waals surface area contributed by atoms with Crippen molar-refractivity contribution in [1.82, 2.24) is 0 Å². The minimum Gasteiger partial charge on any atom is -0.481 e. The molecule has 6 heteroatoms. The topological polar surface area (TPSA) is 101 Å². The normalized spacial score (nSPS) is 12.4. The predicted molar refractivity (Wildman–Crippen MR) is 63.3 cm³/mol. The number of Topliss-reactive ketones (excluding diaryl/α,β-unsaturated/α-hetero) is 1. The molecule has 1 atom stereocenters. The first-order valence-electron chi connectivity index (χ1n) is 5.89. The van der Waals surface area contributed by atoms with Crippen molar-refractivity contribution in [2.45, 2.75) is 33.1 Å². The Morgan fingerprint density at radius 3 is 2.22 bits per heavy atom. The second-order valence-electron chi connectivity index (χ2n) is 4.55. The predicted octanol–water partition coefficient (Wildman–Crippen LogP) is 1.18. The number of carbonyl (C=O) groups excluding carboxylic acids is 1. The molecule has 0 aliphatic heterocycles. The van der Waals surface area contributed by atoms with Crippen LogP contribution < -0.4 is 0 Å². The van der Waals surface area contributed by atoms with Crippen LogP contribution in [0, 0.1) is 11.8 Å². The van der Waals surface area contributed by atoms with E-state index in [0.29, 0.717) is 6.61 Å². The van der Waals surface area contributed by atoms with Gasteiger partial charge in [0.25, 0.3) is 0 Å². The average molecular weight is 260 g/mol. The summed E-state index contributed by atoms with van der Waals surface area (Å²) < 4.78 is 5.09. The second-order valence-corrected chi connectivity index (χ2v) is 4.55. The minimum absolute atomic E-state index is 0.0332. The van der Waals surface area contributed by atoms with Crippen molar-refractivity contribution in [1.29, 1.82) is 0 Å². The van der Waals surface area contributed by atoms with E-state index in [1.54, 1.807) is 0 Å². The van der Waals surface area contributed by atoms with Gasteiger partial charge in [-0.2, -0.15) is 0 Å². The van der Waals surface area contributed by atoms with Crippen LogP contribution in [0.15, 0.2) is 0 Å². The Balaban J connectivity index is 4.11. The number of ketones is 1. The molecule has 0 saturated carbocycles. The fraction of sp³-hybridized carbons (Fsp3) is 0.750. The van der Waals surface area contributed by atoms with Crippen LogP contribution >= 0.6 is 0 Å². The van der Waals surface area contributed by atoms with E-state index in [4.69, 9.17) is 14.9 Å². The van der Waals surface area contributed by atoms with Crippen LogP contribution in [0.4, 0.5) is 0 Å². The largest absolute Gasteiger partial charge is 0.481 e. The first-order chi connectivity index (χ1) is 8.34. The highest BCUT2D eigenvalue weighted by Gasteiger charge is 2.25. The van der Waals surface area contributed by atoms with E-state index in [2.05, 4.69) is 0 Å². The molecule has 0 aromatic heterocycles. The van der Waals surface area contributed by atoms with Crippen LogP contribution in [0.3, 0.4) is 0 Å². The highest BCUT2D eigenvalue weighted by Crippen LogP contribution is 2.11. The lowest BCUT2D eigenvalue weighted by Crippen LogP contribution is -2.28. The lowest BCUT2D eigenvalue weighted by molar-refractivity contribution is -0.149. The van der Waals surface area contributed by atoms with Crippen LogP contribution in [-0.4, -0.2) is 41.1 Å². The molecule has 0 aliphatic rings. The van der Waals surface area contributed by atoms with Gasteiger partial charge in [-0.3, -0.25) is 14.4 Å². The molecule has 0 spiro atoms. The van der Waals surface area contributed by atoms with Gasteiger partial charge in [-0.05, 0) is 18.8 Å². The molecule has 0 rings (SSSR count). The first-order valence-corrected chi connectivity index (χ1v) is 5.89. The number of carboxylic acid groups (broad SMARTS) is 2. The Morgan fingerprint density at radius 1 is 1.17 bits per heavy atom. The van der Waals surface area contributed by atoms with Gasteiger partial charge in [0.05, 0.1) is 0 Å². The molecule has 0 aromatic rings. The van der Waals surface area contributed by atoms with Gasteiger partial charge in [-0.25, -0.2) is 0 Å². The maximum atomic E-state index is 11.6. The molecule has 6 nitrogen and oxygen atoms in total. The van der Waals surface area contributed by atoms with Gasteiger partial charge >= 0.3 is 11.9 Å². The Kier molecular flexibility index (Phi) is 7.94. The molecule has 0 radical (unpaired) electrons. The smallest absolute Gasteiger partial charge is 0.314 e. The van der Waals surface area contributed by atoms with E-state index in [0.717, 1.165) is 0 Å². The summed E-state index contributed by atoms with van der Waals surface area (Å²) >= 11 is 0. The lowest BCUT2D eigenvalue weighted by Gasteiger charge is -2.11. The van der Waals surface area contributed by atoms with Crippen molar-refractivity contribution in [3.8, 4) is 0 Å². The van der Waals surface area contributed by atoms with Gasteiger partial charge in [0, 0.05) is 13.0 Å². The number of rotatable bonds is 10. The molecular weight excluding hydrogens is 240 g/mol. The highest BCUT2D eigenvalue weighted by molar-refractivity contribution is 5.98. The Hall–Kier alpha value is -1.43. The summed E-state index contributed by atoms with van der Waals surface area (Å²) in [6, 6.07) is 0. The standard InChI is InChI=1S/C12H20O6/c1-8(2)6-18-7-10(13)9(12(16)17)4-3-5-11(14)15/h8-9H,3-7H2,1-2H3,(H,14,15)(H,16,17). The number of hydrogen-bond acceptors (Lipinski definition) is 4. The van der Waals surface area contributed by atoms with E-state index >= 15 is 0 Å². The van der Waals surface area contributed by atoms with Crippen molar-refractivity contribution < 1.29 is 29.3 Å². The monoisotopic (exact) mass is 260 g/mol. The summed E-state index contributed by atoms with van der Waals surface area (Å²) in [4.78, 5) is 32.8. The number of hydrogen-bond donors (Lipinski definition) is 2. The van der Waals surface area contributed by atoms with E-state index in [-0.39, 0.29) is 31.8 Å². The summed E-state index contributed by atoms with van der Waals surface area (Å²) in [7, 11) is 0. The maximum absolute atomic E-state index is 11.6. The summed E-state index contributed by atoms with van der Waals surface area (Å²) in [6.07, 6.45) is 0.0671. The van der Waals surface area contributed by atoms with Crippen LogP contribution in [0.25, 0.3) is 0 Å². The first kappa shape index (κ1) is 16.6. The molecule has 0 aromatic carbocycles. The summed E-state index contributed by atoms with van der Waals surface area (Å²) in [6.45, 7) is 4.01. The molecule has 0 fully saturated rings. The molecule has 0 saturated heterocycles. The number of ether oxygens (including phenoxy) is 1. The zero-order valence-electron chi connectivity index (χ0n) is 10.7. The van der Waals surface area contributed by atoms with Crippen molar-refractivity contribution in [3.05, 3.63) is 0 Å². The van der Waals surface area contributed by atoms with Gasteiger partial charge in [-0.1, -0.05) is 13.8 Å². The number of aliphatic carboxylic acids is 2.